The lowest BCUT2D eigenvalue weighted by atomic mass is 9.99. The number of carbonyl (C=O) groups excluding carboxylic acids is 1. The Morgan fingerprint density at radius 1 is 1.43 bits per heavy atom. The number of hydrogen-bond acceptors (Lipinski definition) is 3. The third kappa shape index (κ3) is 2.61. The van der Waals surface area contributed by atoms with Gasteiger partial charge in [0.05, 0.1) is 0 Å². The monoisotopic (exact) mass is 293 g/mol. The maximum atomic E-state index is 13.2. The number of halogens is 1. The molecule has 0 bridgehead atoms. The van der Waals surface area contributed by atoms with E-state index in [0.717, 1.165) is 0 Å². The molecule has 0 fully saturated rings. The summed E-state index contributed by atoms with van der Waals surface area (Å²) in [5.74, 6) is -2.19. The van der Waals surface area contributed by atoms with Crippen LogP contribution in [0.25, 0.3) is 11.0 Å². The second-order valence-corrected chi connectivity index (χ2v) is 5.14. The number of aliphatic carboxylic acids is 1. The smallest absolute Gasteiger partial charge is 0.329 e. The van der Waals surface area contributed by atoms with E-state index in [4.69, 9.17) is 4.42 Å². The van der Waals surface area contributed by atoms with Crippen LogP contribution in [0.4, 0.5) is 4.39 Å². The van der Waals surface area contributed by atoms with Gasteiger partial charge in [-0.1, -0.05) is 6.92 Å². The Hall–Kier alpha value is -2.37. The molecule has 0 aliphatic heterocycles. The van der Waals surface area contributed by atoms with Crippen LogP contribution in [0.2, 0.25) is 0 Å². The van der Waals surface area contributed by atoms with Crippen molar-refractivity contribution < 1.29 is 23.5 Å². The van der Waals surface area contributed by atoms with Gasteiger partial charge in [-0.3, -0.25) is 4.79 Å². The van der Waals surface area contributed by atoms with E-state index in [2.05, 4.69) is 5.32 Å². The SMILES string of the molecule is CCC(C)(NC(=O)c1oc2ccc(F)cc2c1C)C(=O)O. The Morgan fingerprint density at radius 2 is 2.10 bits per heavy atom. The van der Waals surface area contributed by atoms with Crippen molar-refractivity contribution in [3.8, 4) is 0 Å². The molecule has 0 saturated carbocycles. The lowest BCUT2D eigenvalue weighted by Gasteiger charge is -2.24. The van der Waals surface area contributed by atoms with Gasteiger partial charge in [-0.05, 0) is 38.5 Å². The highest BCUT2D eigenvalue weighted by atomic mass is 19.1. The molecule has 0 radical (unpaired) electrons. The van der Waals surface area contributed by atoms with Gasteiger partial charge < -0.3 is 14.8 Å². The molecule has 1 unspecified atom stereocenters. The number of benzene rings is 1. The fraction of sp³-hybridized carbons (Fsp3) is 0.333. The Morgan fingerprint density at radius 3 is 2.67 bits per heavy atom. The number of carboxylic acid groups (broad SMARTS) is 1. The number of furan rings is 1. The van der Waals surface area contributed by atoms with Gasteiger partial charge in [0.2, 0.25) is 0 Å². The molecule has 1 atom stereocenters. The molecule has 1 aromatic carbocycles. The topological polar surface area (TPSA) is 79.5 Å². The van der Waals surface area contributed by atoms with Gasteiger partial charge in [0.25, 0.3) is 5.91 Å². The summed E-state index contributed by atoms with van der Waals surface area (Å²) in [7, 11) is 0. The highest BCUT2D eigenvalue weighted by Gasteiger charge is 2.34. The number of carbonyl (C=O) groups is 2. The summed E-state index contributed by atoms with van der Waals surface area (Å²) >= 11 is 0. The average molecular weight is 293 g/mol. The summed E-state index contributed by atoms with van der Waals surface area (Å²) in [6.07, 6.45) is 0.224. The van der Waals surface area contributed by atoms with Crippen molar-refractivity contribution in [1.29, 1.82) is 0 Å². The zero-order valence-electron chi connectivity index (χ0n) is 12.0. The first-order valence-corrected chi connectivity index (χ1v) is 6.53. The van der Waals surface area contributed by atoms with E-state index < -0.39 is 23.2 Å². The molecule has 2 rings (SSSR count). The Kier molecular flexibility index (Phi) is 3.72. The van der Waals surface area contributed by atoms with Gasteiger partial charge in [0.1, 0.15) is 16.9 Å². The van der Waals surface area contributed by atoms with E-state index in [1.807, 2.05) is 0 Å². The van der Waals surface area contributed by atoms with E-state index in [1.165, 1.54) is 25.1 Å². The largest absolute Gasteiger partial charge is 0.480 e. The van der Waals surface area contributed by atoms with Gasteiger partial charge in [-0.15, -0.1) is 0 Å². The highest BCUT2D eigenvalue weighted by molar-refractivity contribution is 6.01. The van der Waals surface area contributed by atoms with Crippen LogP contribution in [-0.2, 0) is 4.79 Å². The molecule has 1 heterocycles. The number of fused-ring (bicyclic) bond motifs is 1. The van der Waals surface area contributed by atoms with Crippen LogP contribution < -0.4 is 5.32 Å². The summed E-state index contributed by atoms with van der Waals surface area (Å²) in [5.41, 5.74) is -0.522. The average Bonchev–Trinajstić information content (AvgIpc) is 2.75. The van der Waals surface area contributed by atoms with Crippen molar-refractivity contribution in [1.82, 2.24) is 5.32 Å². The van der Waals surface area contributed by atoms with Crippen molar-refractivity contribution in [2.24, 2.45) is 0 Å². The minimum Gasteiger partial charge on any atom is -0.480 e. The molecular weight excluding hydrogens is 277 g/mol. The van der Waals surface area contributed by atoms with Gasteiger partial charge in [0.15, 0.2) is 5.76 Å². The van der Waals surface area contributed by atoms with Crippen LogP contribution in [-0.4, -0.2) is 22.5 Å². The zero-order valence-corrected chi connectivity index (χ0v) is 12.0. The van der Waals surface area contributed by atoms with Gasteiger partial charge in [-0.2, -0.15) is 0 Å². The number of aryl methyl sites for hydroxylation is 1. The predicted molar refractivity (Wildman–Crippen MR) is 74.7 cm³/mol. The molecular formula is C15H16FNO4. The molecule has 1 aromatic heterocycles. The number of rotatable bonds is 4. The Bertz CT molecular complexity index is 722. The molecule has 1 amide bonds. The van der Waals surface area contributed by atoms with Crippen molar-refractivity contribution in [3.05, 3.63) is 35.3 Å². The molecule has 21 heavy (non-hydrogen) atoms. The number of carboxylic acids is 1. The molecule has 2 aromatic rings. The van der Waals surface area contributed by atoms with Crippen LogP contribution in [0.1, 0.15) is 36.4 Å². The van der Waals surface area contributed by atoms with Crippen LogP contribution in [0, 0.1) is 12.7 Å². The van der Waals surface area contributed by atoms with E-state index in [9.17, 15) is 19.1 Å². The second-order valence-electron chi connectivity index (χ2n) is 5.14. The summed E-state index contributed by atoms with van der Waals surface area (Å²) in [6.45, 7) is 4.71. The van der Waals surface area contributed by atoms with E-state index >= 15 is 0 Å². The summed E-state index contributed by atoms with van der Waals surface area (Å²) in [6, 6.07) is 3.95. The van der Waals surface area contributed by atoms with Gasteiger partial charge in [-0.25, -0.2) is 9.18 Å². The summed E-state index contributed by atoms with van der Waals surface area (Å²) in [4.78, 5) is 23.5. The van der Waals surface area contributed by atoms with Gasteiger partial charge in [0, 0.05) is 10.9 Å². The molecule has 6 heteroatoms. The van der Waals surface area contributed by atoms with E-state index in [0.29, 0.717) is 16.5 Å². The minimum absolute atomic E-state index is 0.00322. The fourth-order valence-electron chi connectivity index (χ4n) is 2.01. The van der Waals surface area contributed by atoms with Crippen molar-refractivity contribution in [2.75, 3.05) is 0 Å². The normalized spacial score (nSPS) is 13.9. The molecule has 0 aliphatic carbocycles. The second kappa shape index (κ2) is 5.20. The first-order valence-electron chi connectivity index (χ1n) is 6.53. The lowest BCUT2D eigenvalue weighted by molar-refractivity contribution is -0.143. The molecule has 112 valence electrons. The Labute approximate surface area is 120 Å². The lowest BCUT2D eigenvalue weighted by Crippen LogP contribution is -2.51. The maximum absolute atomic E-state index is 13.2. The fourth-order valence-corrected chi connectivity index (χ4v) is 2.01. The van der Waals surface area contributed by atoms with Crippen molar-refractivity contribution in [3.63, 3.8) is 0 Å². The predicted octanol–water partition coefficient (Wildman–Crippen LogP) is 2.86. The third-order valence-corrected chi connectivity index (χ3v) is 3.67. The number of nitrogens with one attached hydrogen (secondary N) is 1. The quantitative estimate of drug-likeness (QED) is 0.908. The summed E-state index contributed by atoms with van der Waals surface area (Å²) in [5, 5.41) is 12.1. The van der Waals surface area contributed by atoms with Crippen molar-refractivity contribution in [2.45, 2.75) is 32.7 Å². The van der Waals surface area contributed by atoms with Crippen molar-refractivity contribution >= 4 is 22.8 Å². The first-order chi connectivity index (χ1) is 9.78. The van der Waals surface area contributed by atoms with E-state index in [1.54, 1.807) is 13.8 Å². The minimum atomic E-state index is -1.38. The van der Waals surface area contributed by atoms with Crippen LogP contribution >= 0.6 is 0 Å². The van der Waals surface area contributed by atoms with Crippen LogP contribution in [0.3, 0.4) is 0 Å². The standard InChI is InChI=1S/C15H16FNO4/c1-4-15(3,14(19)20)17-13(18)12-8(2)10-7-9(16)5-6-11(10)21-12/h5-7H,4H2,1-3H3,(H,17,18)(H,19,20). The molecule has 0 saturated heterocycles. The van der Waals surface area contributed by atoms with Crippen LogP contribution in [0.5, 0.6) is 0 Å². The molecule has 2 N–H and O–H groups in total. The van der Waals surface area contributed by atoms with Gasteiger partial charge >= 0.3 is 5.97 Å². The Balaban J connectivity index is 2.40. The van der Waals surface area contributed by atoms with E-state index in [-0.39, 0.29) is 12.2 Å². The zero-order chi connectivity index (χ0) is 15.8. The number of amides is 1. The molecule has 0 aliphatic rings. The summed E-state index contributed by atoms with van der Waals surface area (Å²) < 4.78 is 18.7. The first kappa shape index (κ1) is 15.0. The third-order valence-electron chi connectivity index (χ3n) is 3.67. The van der Waals surface area contributed by atoms with Crippen LogP contribution in [0.15, 0.2) is 22.6 Å². The number of hydrogen-bond donors (Lipinski definition) is 2. The highest BCUT2D eigenvalue weighted by Crippen LogP contribution is 2.26. The maximum Gasteiger partial charge on any atom is 0.329 e. The molecule has 0 spiro atoms. The molecule has 5 nitrogen and oxygen atoms in total.